The molecule has 0 atom stereocenters. The monoisotopic (exact) mass is 413 g/mol. The molecule has 1 aliphatic rings. The zero-order chi connectivity index (χ0) is 21.5. The summed E-state index contributed by atoms with van der Waals surface area (Å²) in [5.41, 5.74) is 5.91. The second-order valence-electron chi connectivity index (χ2n) is 7.27. The maximum atomic E-state index is 12.9. The molecule has 0 fully saturated rings. The van der Waals surface area contributed by atoms with Gasteiger partial charge < -0.3 is 16.4 Å². The number of nitrogens with two attached hydrogens (primary N) is 1. The number of carbonyl (C=O) groups is 2. The highest BCUT2D eigenvalue weighted by molar-refractivity contribution is 6.25. The fourth-order valence-electron chi connectivity index (χ4n) is 3.63. The molecule has 9 heteroatoms. The summed E-state index contributed by atoms with van der Waals surface area (Å²) >= 11 is 0. The minimum Gasteiger partial charge on any atom is -0.330 e. The van der Waals surface area contributed by atoms with Crippen LogP contribution in [-0.4, -0.2) is 60.9 Å². The van der Waals surface area contributed by atoms with Crippen LogP contribution in [0.5, 0.6) is 0 Å². The quantitative estimate of drug-likeness (QED) is 0.209. The molecule has 2 amide bonds. The molecule has 0 spiro atoms. The first kappa shape index (κ1) is 21.8. The highest BCUT2D eigenvalue weighted by atomic mass is 16.6. The van der Waals surface area contributed by atoms with Crippen LogP contribution in [0.25, 0.3) is 10.8 Å². The molecule has 0 unspecified atom stereocenters. The SMILES string of the molecule is NCCCNCCCNCCCN1C(=O)c2cccc3cc([N+](=O)[O-])cc(c23)C1=O. The zero-order valence-corrected chi connectivity index (χ0v) is 16.9. The van der Waals surface area contributed by atoms with E-state index in [1.807, 2.05) is 0 Å². The van der Waals surface area contributed by atoms with Gasteiger partial charge in [0.05, 0.1) is 10.5 Å². The van der Waals surface area contributed by atoms with Gasteiger partial charge in [0.15, 0.2) is 0 Å². The van der Waals surface area contributed by atoms with Gasteiger partial charge in [0.2, 0.25) is 0 Å². The molecule has 1 aliphatic heterocycles. The number of benzene rings is 2. The average molecular weight is 413 g/mol. The summed E-state index contributed by atoms with van der Waals surface area (Å²) in [4.78, 5) is 37.7. The lowest BCUT2D eigenvalue weighted by Crippen LogP contribution is -2.41. The third-order valence-electron chi connectivity index (χ3n) is 5.12. The van der Waals surface area contributed by atoms with Gasteiger partial charge in [0.1, 0.15) is 0 Å². The normalized spacial score (nSPS) is 13.3. The molecule has 0 bridgehead atoms. The Kier molecular flexibility index (Phi) is 7.45. The number of nitro groups is 1. The molecule has 30 heavy (non-hydrogen) atoms. The van der Waals surface area contributed by atoms with Gasteiger partial charge in [-0.15, -0.1) is 0 Å². The molecule has 0 aliphatic carbocycles. The maximum absolute atomic E-state index is 12.9. The van der Waals surface area contributed by atoms with Crippen molar-refractivity contribution in [2.45, 2.75) is 19.3 Å². The number of carbonyl (C=O) groups excluding carboxylic acids is 2. The molecular weight excluding hydrogens is 386 g/mol. The summed E-state index contributed by atoms with van der Waals surface area (Å²) in [7, 11) is 0. The predicted octanol–water partition coefficient (Wildman–Crippen LogP) is 1.65. The van der Waals surface area contributed by atoms with Crippen molar-refractivity contribution in [3.63, 3.8) is 0 Å². The topological polar surface area (TPSA) is 131 Å². The molecule has 9 nitrogen and oxygen atoms in total. The minimum atomic E-state index is -0.522. The predicted molar refractivity (Wildman–Crippen MR) is 115 cm³/mol. The summed E-state index contributed by atoms with van der Waals surface area (Å²) in [6.45, 7) is 4.29. The van der Waals surface area contributed by atoms with Crippen LogP contribution in [0.15, 0.2) is 30.3 Å². The van der Waals surface area contributed by atoms with Crippen molar-refractivity contribution in [1.82, 2.24) is 15.5 Å². The van der Waals surface area contributed by atoms with E-state index >= 15 is 0 Å². The first-order valence-electron chi connectivity index (χ1n) is 10.2. The van der Waals surface area contributed by atoms with Crippen molar-refractivity contribution < 1.29 is 14.5 Å². The van der Waals surface area contributed by atoms with E-state index in [1.54, 1.807) is 18.2 Å². The zero-order valence-electron chi connectivity index (χ0n) is 16.9. The highest BCUT2D eigenvalue weighted by Crippen LogP contribution is 2.33. The second-order valence-corrected chi connectivity index (χ2v) is 7.27. The highest BCUT2D eigenvalue weighted by Gasteiger charge is 2.33. The molecule has 1 heterocycles. The largest absolute Gasteiger partial charge is 0.330 e. The van der Waals surface area contributed by atoms with Crippen molar-refractivity contribution in [3.05, 3.63) is 51.6 Å². The standard InChI is InChI=1S/C21H27N5O4/c22-7-2-8-23-9-3-10-24-11-4-12-25-20(27)17-6-1-5-15-13-16(26(29)30)14-18(19(15)17)21(25)28/h1,5-6,13-14,23-24H,2-4,7-12,22H2. The van der Waals surface area contributed by atoms with E-state index < -0.39 is 10.8 Å². The van der Waals surface area contributed by atoms with Crippen LogP contribution in [0, 0.1) is 10.1 Å². The van der Waals surface area contributed by atoms with Gasteiger partial charge >= 0.3 is 0 Å². The van der Waals surface area contributed by atoms with Gasteiger partial charge in [-0.25, -0.2) is 0 Å². The van der Waals surface area contributed by atoms with Gasteiger partial charge in [-0.05, 0) is 63.4 Å². The van der Waals surface area contributed by atoms with Crippen molar-refractivity contribution in [2.75, 3.05) is 39.3 Å². The lowest BCUT2D eigenvalue weighted by atomic mass is 9.93. The van der Waals surface area contributed by atoms with Gasteiger partial charge in [-0.3, -0.25) is 24.6 Å². The van der Waals surface area contributed by atoms with Gasteiger partial charge in [-0.1, -0.05) is 12.1 Å². The van der Waals surface area contributed by atoms with E-state index in [0.717, 1.165) is 32.5 Å². The molecule has 2 aromatic carbocycles. The third-order valence-corrected chi connectivity index (χ3v) is 5.12. The molecule has 0 radical (unpaired) electrons. The fourth-order valence-corrected chi connectivity index (χ4v) is 3.63. The van der Waals surface area contributed by atoms with Crippen LogP contribution in [0.2, 0.25) is 0 Å². The van der Waals surface area contributed by atoms with Gasteiger partial charge in [-0.2, -0.15) is 0 Å². The number of hydrogen-bond donors (Lipinski definition) is 3. The number of nitro benzene ring substituents is 1. The lowest BCUT2D eigenvalue weighted by molar-refractivity contribution is -0.384. The number of rotatable bonds is 12. The van der Waals surface area contributed by atoms with Crippen LogP contribution < -0.4 is 16.4 Å². The Morgan fingerprint density at radius 3 is 2.30 bits per heavy atom. The van der Waals surface area contributed by atoms with Crippen molar-refractivity contribution >= 4 is 28.3 Å². The molecule has 2 aromatic rings. The Hall–Kier alpha value is -2.88. The number of imide groups is 1. The van der Waals surface area contributed by atoms with Gasteiger partial charge in [0, 0.05) is 29.6 Å². The van der Waals surface area contributed by atoms with Crippen LogP contribution >= 0.6 is 0 Å². The Morgan fingerprint density at radius 1 is 0.933 bits per heavy atom. The van der Waals surface area contributed by atoms with Crippen LogP contribution in [-0.2, 0) is 0 Å². The Labute approximate surface area is 174 Å². The van der Waals surface area contributed by atoms with Crippen LogP contribution in [0.1, 0.15) is 40.0 Å². The Bertz CT molecular complexity index is 946. The fraction of sp³-hybridized carbons (Fsp3) is 0.429. The molecule has 3 rings (SSSR count). The molecule has 0 saturated carbocycles. The average Bonchev–Trinajstić information content (AvgIpc) is 2.74. The minimum absolute atomic E-state index is 0.154. The first-order chi connectivity index (χ1) is 14.5. The van der Waals surface area contributed by atoms with Crippen LogP contribution in [0.4, 0.5) is 5.69 Å². The summed E-state index contributed by atoms with van der Waals surface area (Å²) in [6.07, 6.45) is 2.55. The van der Waals surface area contributed by atoms with E-state index in [0.29, 0.717) is 35.8 Å². The smallest absolute Gasteiger partial charge is 0.270 e. The van der Waals surface area contributed by atoms with E-state index in [2.05, 4.69) is 10.6 Å². The first-order valence-corrected chi connectivity index (χ1v) is 10.2. The molecule has 4 N–H and O–H groups in total. The maximum Gasteiger partial charge on any atom is 0.270 e. The number of nitrogens with zero attached hydrogens (tertiary/aromatic N) is 2. The number of nitrogens with one attached hydrogen (secondary N) is 2. The number of non-ortho nitro benzene ring substituents is 1. The van der Waals surface area contributed by atoms with Crippen molar-refractivity contribution in [2.24, 2.45) is 5.73 Å². The van der Waals surface area contributed by atoms with Crippen molar-refractivity contribution in [1.29, 1.82) is 0 Å². The number of amides is 2. The second kappa shape index (κ2) is 10.2. The van der Waals surface area contributed by atoms with E-state index in [1.165, 1.54) is 17.0 Å². The van der Waals surface area contributed by atoms with Crippen molar-refractivity contribution in [3.8, 4) is 0 Å². The third kappa shape index (κ3) is 4.81. The summed E-state index contributed by atoms with van der Waals surface area (Å²) in [5, 5.41) is 18.9. The van der Waals surface area contributed by atoms with E-state index in [9.17, 15) is 19.7 Å². The Balaban J connectivity index is 1.58. The van der Waals surface area contributed by atoms with Crippen LogP contribution in [0.3, 0.4) is 0 Å². The molecule has 0 aromatic heterocycles. The van der Waals surface area contributed by atoms with Gasteiger partial charge in [0.25, 0.3) is 17.5 Å². The lowest BCUT2D eigenvalue weighted by Gasteiger charge is -2.27. The summed E-state index contributed by atoms with van der Waals surface area (Å²) in [6, 6.07) is 7.69. The van der Waals surface area contributed by atoms with E-state index in [4.69, 9.17) is 5.73 Å². The number of hydrogen-bond acceptors (Lipinski definition) is 7. The summed E-state index contributed by atoms with van der Waals surface area (Å²) in [5.74, 6) is -0.826. The summed E-state index contributed by atoms with van der Waals surface area (Å²) < 4.78 is 0. The Morgan fingerprint density at radius 2 is 1.60 bits per heavy atom. The molecule has 160 valence electrons. The molecular formula is C21H27N5O4. The van der Waals surface area contributed by atoms with E-state index in [-0.39, 0.29) is 23.7 Å². The molecule has 0 saturated heterocycles.